The molecule has 0 unspecified atom stereocenters. The van der Waals surface area contributed by atoms with E-state index in [1.807, 2.05) is 30.3 Å². The lowest BCUT2D eigenvalue weighted by Crippen LogP contribution is -2.15. The van der Waals surface area contributed by atoms with E-state index in [-0.39, 0.29) is 17.1 Å². The van der Waals surface area contributed by atoms with Crippen LogP contribution in [-0.2, 0) is 0 Å². The Morgan fingerprint density at radius 1 is 1.00 bits per heavy atom. The van der Waals surface area contributed by atoms with Crippen LogP contribution in [0.25, 0.3) is 0 Å². The molecular formula is C18H18N4O4. The van der Waals surface area contributed by atoms with E-state index in [2.05, 4.69) is 10.5 Å². The Balaban J connectivity index is 1.94. The Labute approximate surface area is 149 Å². The number of nitrogens with zero attached hydrogens (tertiary/aromatic N) is 3. The Bertz CT molecular complexity index is 846. The zero-order valence-electron chi connectivity index (χ0n) is 14.0. The molecule has 134 valence electrons. The van der Waals surface area contributed by atoms with Gasteiger partial charge >= 0.3 is 5.69 Å². The van der Waals surface area contributed by atoms with Gasteiger partial charge in [-0.25, -0.2) is 0 Å². The number of nitro benzene ring substituents is 2. The second-order valence-corrected chi connectivity index (χ2v) is 6.17. The molecule has 8 nitrogen and oxygen atoms in total. The van der Waals surface area contributed by atoms with Crippen molar-refractivity contribution >= 4 is 22.8 Å². The van der Waals surface area contributed by atoms with Crippen molar-refractivity contribution in [2.75, 3.05) is 5.43 Å². The summed E-state index contributed by atoms with van der Waals surface area (Å²) >= 11 is 0. The van der Waals surface area contributed by atoms with Gasteiger partial charge in [0.1, 0.15) is 5.69 Å². The lowest BCUT2D eigenvalue weighted by Gasteiger charge is -2.14. The number of nitro groups is 2. The molecule has 0 aromatic heterocycles. The minimum atomic E-state index is -0.659. The van der Waals surface area contributed by atoms with Gasteiger partial charge in [-0.3, -0.25) is 25.7 Å². The summed E-state index contributed by atoms with van der Waals surface area (Å²) in [6, 6.07) is 13.2. The van der Waals surface area contributed by atoms with Crippen LogP contribution in [0, 0.1) is 26.1 Å². The van der Waals surface area contributed by atoms with Crippen molar-refractivity contribution < 1.29 is 9.85 Å². The SMILES string of the molecule is O=[N+]([O-])c1ccc(N/N=C(\c2ccccc2)C2CCCC2)c([N+](=O)[O-])c1. The first kappa shape index (κ1) is 17.5. The number of non-ortho nitro benzene ring substituents is 1. The smallest absolute Gasteiger partial charge is 0.271 e. The Kier molecular flexibility index (Phi) is 5.21. The Morgan fingerprint density at radius 2 is 1.69 bits per heavy atom. The van der Waals surface area contributed by atoms with Crippen molar-refractivity contribution in [3.05, 3.63) is 74.3 Å². The molecule has 0 saturated heterocycles. The standard InChI is InChI=1S/C18H18N4O4/c23-21(24)15-10-11-16(17(12-15)22(25)26)19-20-18(14-8-4-5-9-14)13-6-2-1-3-7-13/h1-3,6-7,10-12,14,19H,4-5,8-9H2/b20-18+. The molecule has 8 heteroatoms. The third-order valence-corrected chi connectivity index (χ3v) is 4.50. The third kappa shape index (κ3) is 3.85. The van der Waals surface area contributed by atoms with Crippen LogP contribution in [0.4, 0.5) is 17.1 Å². The van der Waals surface area contributed by atoms with E-state index >= 15 is 0 Å². The zero-order chi connectivity index (χ0) is 18.5. The summed E-state index contributed by atoms with van der Waals surface area (Å²) in [7, 11) is 0. The molecule has 0 atom stereocenters. The maximum atomic E-state index is 11.3. The van der Waals surface area contributed by atoms with Crippen molar-refractivity contribution in [1.29, 1.82) is 0 Å². The predicted molar refractivity (Wildman–Crippen MR) is 98.3 cm³/mol. The first-order valence-electron chi connectivity index (χ1n) is 8.38. The summed E-state index contributed by atoms with van der Waals surface area (Å²) in [5, 5.41) is 26.6. The molecule has 0 heterocycles. The molecule has 26 heavy (non-hydrogen) atoms. The number of benzene rings is 2. The lowest BCUT2D eigenvalue weighted by molar-refractivity contribution is -0.393. The molecule has 1 aliphatic carbocycles. The maximum Gasteiger partial charge on any atom is 0.301 e. The molecule has 1 aliphatic rings. The van der Waals surface area contributed by atoms with Gasteiger partial charge in [0, 0.05) is 12.0 Å². The quantitative estimate of drug-likeness (QED) is 0.466. The number of hydrogen-bond acceptors (Lipinski definition) is 6. The Hall–Kier alpha value is -3.29. The van der Waals surface area contributed by atoms with Crippen LogP contribution in [0.15, 0.2) is 53.6 Å². The monoisotopic (exact) mass is 354 g/mol. The lowest BCUT2D eigenvalue weighted by atomic mass is 9.95. The molecule has 2 aromatic carbocycles. The molecule has 0 bridgehead atoms. The molecule has 1 N–H and O–H groups in total. The van der Waals surface area contributed by atoms with Crippen LogP contribution < -0.4 is 5.43 Å². The van der Waals surface area contributed by atoms with Gasteiger partial charge in [0.2, 0.25) is 0 Å². The summed E-state index contributed by atoms with van der Waals surface area (Å²) in [5.74, 6) is 0.294. The van der Waals surface area contributed by atoms with Gasteiger partial charge in [-0.2, -0.15) is 5.10 Å². The van der Waals surface area contributed by atoms with Crippen molar-refractivity contribution in [3.8, 4) is 0 Å². The van der Waals surface area contributed by atoms with E-state index in [9.17, 15) is 20.2 Å². The highest BCUT2D eigenvalue weighted by molar-refractivity contribution is 6.02. The fraction of sp³-hybridized carbons (Fsp3) is 0.278. The summed E-state index contributed by atoms with van der Waals surface area (Å²) in [5.41, 5.74) is 4.02. The highest BCUT2D eigenvalue weighted by atomic mass is 16.6. The van der Waals surface area contributed by atoms with Gasteiger partial charge in [-0.1, -0.05) is 43.2 Å². The van der Waals surface area contributed by atoms with Crippen LogP contribution in [0.1, 0.15) is 31.2 Å². The van der Waals surface area contributed by atoms with Crippen LogP contribution >= 0.6 is 0 Å². The molecular weight excluding hydrogens is 336 g/mol. The summed E-state index contributed by atoms with van der Waals surface area (Å²) < 4.78 is 0. The van der Waals surface area contributed by atoms with Gasteiger partial charge in [0.25, 0.3) is 5.69 Å². The van der Waals surface area contributed by atoms with Crippen molar-refractivity contribution in [2.24, 2.45) is 11.0 Å². The van der Waals surface area contributed by atoms with E-state index in [4.69, 9.17) is 0 Å². The molecule has 2 aromatic rings. The van der Waals surface area contributed by atoms with Crippen LogP contribution in [0.2, 0.25) is 0 Å². The highest BCUT2D eigenvalue weighted by Gasteiger charge is 2.23. The minimum Gasteiger partial charge on any atom is -0.271 e. The Morgan fingerprint density at radius 3 is 2.31 bits per heavy atom. The molecule has 1 saturated carbocycles. The maximum absolute atomic E-state index is 11.3. The molecule has 1 fully saturated rings. The van der Waals surface area contributed by atoms with Gasteiger partial charge in [0.05, 0.1) is 21.6 Å². The van der Waals surface area contributed by atoms with E-state index in [0.29, 0.717) is 5.92 Å². The zero-order valence-corrected chi connectivity index (χ0v) is 14.0. The molecule has 0 radical (unpaired) electrons. The fourth-order valence-electron chi connectivity index (χ4n) is 3.20. The highest BCUT2D eigenvalue weighted by Crippen LogP contribution is 2.31. The summed E-state index contributed by atoms with van der Waals surface area (Å²) in [4.78, 5) is 20.8. The minimum absolute atomic E-state index is 0.132. The second-order valence-electron chi connectivity index (χ2n) is 6.17. The van der Waals surface area contributed by atoms with E-state index in [1.54, 1.807) is 0 Å². The normalized spacial score (nSPS) is 15.0. The molecule has 3 rings (SSSR count). The predicted octanol–water partition coefficient (Wildman–Crippen LogP) is 4.51. The van der Waals surface area contributed by atoms with Crippen molar-refractivity contribution in [1.82, 2.24) is 0 Å². The largest absolute Gasteiger partial charge is 0.301 e. The summed E-state index contributed by atoms with van der Waals surface area (Å²) in [6.45, 7) is 0. The fourth-order valence-corrected chi connectivity index (χ4v) is 3.20. The van der Waals surface area contributed by atoms with Gasteiger partial charge in [-0.05, 0) is 24.5 Å². The average molecular weight is 354 g/mol. The number of nitrogens with one attached hydrogen (secondary N) is 1. The average Bonchev–Trinajstić information content (AvgIpc) is 3.17. The topological polar surface area (TPSA) is 111 Å². The number of rotatable bonds is 6. The van der Waals surface area contributed by atoms with Gasteiger partial charge < -0.3 is 0 Å². The molecule has 0 spiro atoms. The number of hydrazone groups is 1. The van der Waals surface area contributed by atoms with E-state index < -0.39 is 9.85 Å². The number of anilines is 1. The van der Waals surface area contributed by atoms with Crippen molar-refractivity contribution in [3.63, 3.8) is 0 Å². The van der Waals surface area contributed by atoms with Crippen LogP contribution in [-0.4, -0.2) is 15.6 Å². The van der Waals surface area contributed by atoms with Crippen LogP contribution in [0.5, 0.6) is 0 Å². The first-order valence-corrected chi connectivity index (χ1v) is 8.38. The second kappa shape index (κ2) is 7.73. The van der Waals surface area contributed by atoms with E-state index in [0.717, 1.165) is 43.0 Å². The van der Waals surface area contributed by atoms with Crippen LogP contribution in [0.3, 0.4) is 0 Å². The van der Waals surface area contributed by atoms with Gasteiger partial charge in [-0.15, -0.1) is 0 Å². The third-order valence-electron chi connectivity index (χ3n) is 4.50. The van der Waals surface area contributed by atoms with Crippen molar-refractivity contribution in [2.45, 2.75) is 25.7 Å². The first-order chi connectivity index (χ1) is 12.6. The number of hydrogen-bond donors (Lipinski definition) is 1. The molecule has 0 amide bonds. The van der Waals surface area contributed by atoms with E-state index in [1.165, 1.54) is 12.1 Å². The molecule has 0 aliphatic heterocycles. The summed E-state index contributed by atoms with van der Waals surface area (Å²) in [6.07, 6.45) is 4.32. The van der Waals surface area contributed by atoms with Gasteiger partial charge in [0.15, 0.2) is 0 Å².